The van der Waals surface area contributed by atoms with Crippen molar-refractivity contribution in [3.05, 3.63) is 30.3 Å². The van der Waals surface area contributed by atoms with Gasteiger partial charge in [0.2, 0.25) is 5.91 Å². The molecule has 2 atom stereocenters. The van der Waals surface area contributed by atoms with Crippen LogP contribution in [-0.2, 0) is 14.4 Å². The van der Waals surface area contributed by atoms with Crippen molar-refractivity contribution in [2.75, 3.05) is 26.2 Å². The molecule has 0 aliphatic carbocycles. The molecule has 2 unspecified atom stereocenters. The predicted octanol–water partition coefficient (Wildman–Crippen LogP) is 1.38. The Morgan fingerprint density at radius 1 is 1.08 bits per heavy atom. The van der Waals surface area contributed by atoms with E-state index in [4.69, 9.17) is 4.74 Å². The Labute approximate surface area is 152 Å². The van der Waals surface area contributed by atoms with E-state index in [1.54, 1.807) is 17.0 Å². The molecule has 1 N–H and O–H groups in total. The van der Waals surface area contributed by atoms with Crippen molar-refractivity contribution >= 4 is 17.8 Å². The lowest BCUT2D eigenvalue weighted by Gasteiger charge is -2.34. The van der Waals surface area contributed by atoms with Crippen molar-refractivity contribution in [3.8, 4) is 5.75 Å². The number of carbonyl (C=O) groups excluding carboxylic acids is 2. The fourth-order valence-electron chi connectivity index (χ4n) is 3.68. The number of nitrogens with zero attached hydrogens (tertiary/aromatic N) is 2. The van der Waals surface area contributed by atoms with Gasteiger partial charge in [-0.2, -0.15) is 0 Å². The maximum atomic E-state index is 12.8. The van der Waals surface area contributed by atoms with Gasteiger partial charge in [-0.05, 0) is 37.8 Å². The second kappa shape index (κ2) is 8.21. The summed E-state index contributed by atoms with van der Waals surface area (Å²) in [5, 5.41) is 9.27. The van der Waals surface area contributed by atoms with Crippen LogP contribution in [0.3, 0.4) is 0 Å². The summed E-state index contributed by atoms with van der Waals surface area (Å²) in [6, 6.07) is 8.40. The van der Waals surface area contributed by atoms with Crippen LogP contribution >= 0.6 is 0 Å². The van der Waals surface area contributed by atoms with Crippen LogP contribution < -0.4 is 4.74 Å². The van der Waals surface area contributed by atoms with Gasteiger partial charge in [0.15, 0.2) is 6.61 Å². The zero-order valence-corrected chi connectivity index (χ0v) is 14.7. The number of carboxylic acids is 1. The third-order valence-electron chi connectivity index (χ3n) is 5.05. The fourth-order valence-corrected chi connectivity index (χ4v) is 3.68. The van der Waals surface area contributed by atoms with Crippen molar-refractivity contribution in [2.45, 2.75) is 31.7 Å². The Balaban J connectivity index is 1.55. The summed E-state index contributed by atoms with van der Waals surface area (Å²) in [7, 11) is 0. The first kappa shape index (κ1) is 18.2. The summed E-state index contributed by atoms with van der Waals surface area (Å²) >= 11 is 0. The lowest BCUT2D eigenvalue weighted by atomic mass is 9.96. The average Bonchev–Trinajstić information content (AvgIpc) is 3.16. The lowest BCUT2D eigenvalue weighted by Crippen LogP contribution is -2.50. The summed E-state index contributed by atoms with van der Waals surface area (Å²) in [4.78, 5) is 39.6. The molecule has 2 aliphatic heterocycles. The van der Waals surface area contributed by atoms with Gasteiger partial charge in [-0.3, -0.25) is 9.59 Å². The number of hydrogen-bond donors (Lipinski definition) is 1. The normalized spacial score (nSPS) is 22.9. The van der Waals surface area contributed by atoms with Crippen LogP contribution in [0.5, 0.6) is 5.75 Å². The summed E-state index contributed by atoms with van der Waals surface area (Å²) in [6.07, 6.45) is 2.63. The van der Waals surface area contributed by atoms with Gasteiger partial charge in [0, 0.05) is 19.6 Å². The Kier molecular flexibility index (Phi) is 5.75. The number of rotatable bonds is 5. The van der Waals surface area contributed by atoms with E-state index < -0.39 is 12.0 Å². The summed E-state index contributed by atoms with van der Waals surface area (Å²) in [5.41, 5.74) is 0. The maximum Gasteiger partial charge on any atom is 0.326 e. The first-order valence-corrected chi connectivity index (χ1v) is 9.05. The van der Waals surface area contributed by atoms with Crippen LogP contribution in [-0.4, -0.2) is 65.0 Å². The summed E-state index contributed by atoms with van der Waals surface area (Å²) < 4.78 is 5.50. The minimum atomic E-state index is -0.948. The molecule has 2 saturated heterocycles. The minimum absolute atomic E-state index is 0.0631. The molecule has 0 aromatic heterocycles. The van der Waals surface area contributed by atoms with Crippen LogP contribution in [0.4, 0.5) is 0 Å². The predicted molar refractivity (Wildman–Crippen MR) is 93.6 cm³/mol. The lowest BCUT2D eigenvalue weighted by molar-refractivity contribution is -0.151. The highest BCUT2D eigenvalue weighted by atomic mass is 16.5. The van der Waals surface area contributed by atoms with Crippen LogP contribution in [0.25, 0.3) is 0 Å². The van der Waals surface area contributed by atoms with E-state index in [0.717, 1.165) is 6.42 Å². The van der Waals surface area contributed by atoms with Crippen molar-refractivity contribution in [3.63, 3.8) is 0 Å². The molecule has 0 saturated carbocycles. The molecule has 0 spiro atoms. The molecule has 1 aromatic carbocycles. The van der Waals surface area contributed by atoms with E-state index in [2.05, 4.69) is 0 Å². The van der Waals surface area contributed by atoms with E-state index in [0.29, 0.717) is 44.6 Å². The SMILES string of the molecule is O=C(O)C1CCCN1C(=O)C1CCCN(C(=O)COc2ccccc2)C1. The molecule has 1 aromatic rings. The number of piperidine rings is 1. The first-order valence-electron chi connectivity index (χ1n) is 9.05. The van der Waals surface area contributed by atoms with E-state index in [1.165, 1.54) is 4.90 Å². The Morgan fingerprint density at radius 2 is 1.81 bits per heavy atom. The minimum Gasteiger partial charge on any atom is -0.484 e. The zero-order chi connectivity index (χ0) is 18.5. The van der Waals surface area contributed by atoms with E-state index >= 15 is 0 Å². The van der Waals surface area contributed by atoms with Crippen molar-refractivity contribution in [2.24, 2.45) is 5.92 Å². The van der Waals surface area contributed by atoms with E-state index in [1.807, 2.05) is 18.2 Å². The average molecular weight is 360 g/mol. The quantitative estimate of drug-likeness (QED) is 0.857. The van der Waals surface area contributed by atoms with Crippen LogP contribution in [0.1, 0.15) is 25.7 Å². The Bertz CT molecular complexity index is 663. The molecule has 3 rings (SSSR count). The molecule has 140 valence electrons. The number of benzene rings is 1. The fraction of sp³-hybridized carbons (Fsp3) is 0.526. The summed E-state index contributed by atoms with van der Waals surface area (Å²) in [6.45, 7) is 1.35. The first-order chi connectivity index (χ1) is 12.6. The highest BCUT2D eigenvalue weighted by molar-refractivity contribution is 5.86. The van der Waals surface area contributed by atoms with Gasteiger partial charge in [-0.25, -0.2) is 4.79 Å². The monoisotopic (exact) mass is 360 g/mol. The smallest absolute Gasteiger partial charge is 0.326 e. The molecule has 7 nitrogen and oxygen atoms in total. The van der Waals surface area contributed by atoms with Gasteiger partial charge in [-0.15, -0.1) is 0 Å². The van der Waals surface area contributed by atoms with Crippen molar-refractivity contribution in [1.29, 1.82) is 0 Å². The second-order valence-corrected chi connectivity index (χ2v) is 6.81. The number of carbonyl (C=O) groups is 3. The molecular weight excluding hydrogens is 336 g/mol. The Morgan fingerprint density at radius 3 is 2.54 bits per heavy atom. The van der Waals surface area contributed by atoms with Gasteiger partial charge < -0.3 is 19.6 Å². The third-order valence-corrected chi connectivity index (χ3v) is 5.05. The number of likely N-dealkylation sites (tertiary alicyclic amines) is 2. The number of carboxylic acid groups (broad SMARTS) is 1. The van der Waals surface area contributed by atoms with Crippen LogP contribution in [0.15, 0.2) is 30.3 Å². The Hall–Kier alpha value is -2.57. The van der Waals surface area contributed by atoms with Gasteiger partial charge in [0.25, 0.3) is 5.91 Å². The van der Waals surface area contributed by atoms with Crippen LogP contribution in [0.2, 0.25) is 0 Å². The van der Waals surface area contributed by atoms with Crippen LogP contribution in [0, 0.1) is 5.92 Å². The highest BCUT2D eigenvalue weighted by Crippen LogP contribution is 2.25. The number of ether oxygens (including phenoxy) is 1. The number of aliphatic carboxylic acids is 1. The molecule has 26 heavy (non-hydrogen) atoms. The second-order valence-electron chi connectivity index (χ2n) is 6.81. The maximum absolute atomic E-state index is 12.8. The third kappa shape index (κ3) is 4.15. The molecule has 7 heteroatoms. The van der Waals surface area contributed by atoms with Gasteiger partial charge in [0.05, 0.1) is 5.92 Å². The number of para-hydroxylation sites is 1. The molecule has 2 heterocycles. The summed E-state index contributed by atoms with van der Waals surface area (Å²) in [5.74, 6) is -0.939. The number of amides is 2. The molecule has 2 fully saturated rings. The van der Waals surface area contributed by atoms with Gasteiger partial charge in [-0.1, -0.05) is 18.2 Å². The largest absolute Gasteiger partial charge is 0.484 e. The van der Waals surface area contributed by atoms with E-state index in [-0.39, 0.29) is 24.3 Å². The molecular formula is C19H24N2O5. The number of hydrogen-bond acceptors (Lipinski definition) is 4. The molecule has 0 bridgehead atoms. The molecule has 0 radical (unpaired) electrons. The van der Waals surface area contributed by atoms with Crippen molar-refractivity contribution in [1.82, 2.24) is 9.80 Å². The van der Waals surface area contributed by atoms with Crippen molar-refractivity contribution < 1.29 is 24.2 Å². The topological polar surface area (TPSA) is 87.2 Å². The van der Waals surface area contributed by atoms with Gasteiger partial charge >= 0.3 is 5.97 Å². The van der Waals surface area contributed by atoms with E-state index in [9.17, 15) is 19.5 Å². The zero-order valence-electron chi connectivity index (χ0n) is 14.7. The molecule has 2 aliphatic rings. The highest BCUT2D eigenvalue weighted by Gasteiger charge is 2.38. The molecule has 2 amide bonds. The standard InChI is InChI=1S/C19H24N2O5/c22-17(13-26-15-7-2-1-3-8-15)20-10-4-6-14(12-20)18(23)21-11-5-9-16(21)19(24)25/h1-3,7-8,14,16H,4-6,9-13H2,(H,24,25). The van der Waals surface area contributed by atoms with Gasteiger partial charge in [0.1, 0.15) is 11.8 Å².